The molecule has 2 atom stereocenters. The molecule has 0 aromatic heterocycles. The molecule has 0 unspecified atom stereocenters. The summed E-state index contributed by atoms with van der Waals surface area (Å²) >= 11 is 3.35. The summed E-state index contributed by atoms with van der Waals surface area (Å²) in [5.41, 5.74) is 0. The lowest BCUT2D eigenvalue weighted by molar-refractivity contribution is -0.127. The number of nitrogens with one attached hydrogen (secondary N) is 1. The average molecular weight is 328 g/mol. The highest BCUT2D eigenvalue weighted by Crippen LogP contribution is 2.17. The summed E-state index contributed by atoms with van der Waals surface area (Å²) in [6.07, 6.45) is 1.74. The molecule has 0 bridgehead atoms. The smallest absolute Gasteiger partial charge is 0.260 e. The van der Waals surface area contributed by atoms with Gasteiger partial charge in [-0.15, -0.1) is 0 Å². The molecule has 0 spiro atoms. The van der Waals surface area contributed by atoms with Gasteiger partial charge in [0.1, 0.15) is 5.75 Å². The van der Waals surface area contributed by atoms with E-state index in [-0.39, 0.29) is 12.0 Å². The predicted octanol–water partition coefficient (Wildman–Crippen LogP) is 2.51. The number of ether oxygens (including phenoxy) is 2. The second-order valence-electron chi connectivity index (χ2n) is 4.59. The highest BCUT2D eigenvalue weighted by atomic mass is 79.9. The fourth-order valence-corrected chi connectivity index (χ4v) is 2.20. The van der Waals surface area contributed by atoms with Gasteiger partial charge in [-0.1, -0.05) is 15.9 Å². The van der Waals surface area contributed by atoms with Crippen molar-refractivity contribution in [2.45, 2.75) is 32.0 Å². The van der Waals surface area contributed by atoms with Crippen LogP contribution in [0, 0.1) is 0 Å². The van der Waals surface area contributed by atoms with Crippen molar-refractivity contribution in [1.82, 2.24) is 5.32 Å². The number of rotatable bonds is 5. The summed E-state index contributed by atoms with van der Waals surface area (Å²) in [5.74, 6) is 0.571. The van der Waals surface area contributed by atoms with E-state index in [1.54, 1.807) is 6.92 Å². The van der Waals surface area contributed by atoms with E-state index < -0.39 is 6.10 Å². The van der Waals surface area contributed by atoms with E-state index in [4.69, 9.17) is 9.47 Å². The van der Waals surface area contributed by atoms with Crippen molar-refractivity contribution in [2.75, 3.05) is 13.2 Å². The minimum absolute atomic E-state index is 0.113. The Kier molecular flexibility index (Phi) is 5.22. The molecule has 0 saturated carbocycles. The molecule has 1 aliphatic heterocycles. The fourth-order valence-electron chi connectivity index (χ4n) is 1.93. The van der Waals surface area contributed by atoms with Gasteiger partial charge in [-0.2, -0.15) is 0 Å². The summed E-state index contributed by atoms with van der Waals surface area (Å²) in [5, 5.41) is 2.86. The van der Waals surface area contributed by atoms with Crippen LogP contribution in [0.3, 0.4) is 0 Å². The molecule has 1 aliphatic rings. The molecule has 4 nitrogen and oxygen atoms in total. The molecule has 1 aromatic rings. The Morgan fingerprint density at radius 1 is 1.53 bits per heavy atom. The first-order valence-corrected chi connectivity index (χ1v) is 7.26. The van der Waals surface area contributed by atoms with Gasteiger partial charge in [-0.25, -0.2) is 0 Å². The Morgan fingerprint density at radius 2 is 2.26 bits per heavy atom. The van der Waals surface area contributed by atoms with E-state index in [0.29, 0.717) is 12.3 Å². The maximum Gasteiger partial charge on any atom is 0.260 e. The Bertz CT molecular complexity index is 415. The van der Waals surface area contributed by atoms with E-state index in [1.807, 2.05) is 24.3 Å². The van der Waals surface area contributed by atoms with Crippen LogP contribution in [-0.4, -0.2) is 31.3 Å². The van der Waals surface area contributed by atoms with Crippen molar-refractivity contribution in [1.29, 1.82) is 0 Å². The minimum Gasteiger partial charge on any atom is -0.481 e. The largest absolute Gasteiger partial charge is 0.481 e. The maximum absolute atomic E-state index is 11.9. The van der Waals surface area contributed by atoms with Gasteiger partial charge in [0.05, 0.1) is 6.10 Å². The maximum atomic E-state index is 11.9. The molecule has 1 fully saturated rings. The first kappa shape index (κ1) is 14.3. The van der Waals surface area contributed by atoms with Crippen LogP contribution in [0.25, 0.3) is 0 Å². The molecule has 104 valence electrons. The third-order valence-electron chi connectivity index (χ3n) is 3.02. The van der Waals surface area contributed by atoms with Crippen LogP contribution in [0.2, 0.25) is 0 Å². The van der Waals surface area contributed by atoms with Gasteiger partial charge >= 0.3 is 0 Å². The van der Waals surface area contributed by atoms with E-state index >= 15 is 0 Å². The van der Waals surface area contributed by atoms with E-state index in [9.17, 15) is 4.79 Å². The summed E-state index contributed by atoms with van der Waals surface area (Å²) in [4.78, 5) is 11.9. The second-order valence-corrected chi connectivity index (χ2v) is 5.51. The van der Waals surface area contributed by atoms with E-state index in [2.05, 4.69) is 21.2 Å². The summed E-state index contributed by atoms with van der Waals surface area (Å²) in [6, 6.07) is 7.42. The SMILES string of the molecule is C[C@H](Oc1ccc(Br)cc1)C(=O)NC[C@@H]1CCCO1. The van der Waals surface area contributed by atoms with Gasteiger partial charge in [-0.05, 0) is 44.0 Å². The molecule has 1 aromatic carbocycles. The summed E-state index contributed by atoms with van der Waals surface area (Å²) in [7, 11) is 0. The molecule has 5 heteroatoms. The van der Waals surface area contributed by atoms with Crippen molar-refractivity contribution >= 4 is 21.8 Å². The number of hydrogen-bond donors (Lipinski definition) is 1. The van der Waals surface area contributed by atoms with Crippen LogP contribution >= 0.6 is 15.9 Å². The highest BCUT2D eigenvalue weighted by molar-refractivity contribution is 9.10. The molecule has 0 radical (unpaired) electrons. The average Bonchev–Trinajstić information content (AvgIpc) is 2.91. The van der Waals surface area contributed by atoms with Crippen LogP contribution in [0.15, 0.2) is 28.7 Å². The second kappa shape index (κ2) is 6.91. The number of carbonyl (C=O) groups excluding carboxylic acids is 1. The topological polar surface area (TPSA) is 47.6 Å². The number of benzene rings is 1. The lowest BCUT2D eigenvalue weighted by atomic mass is 10.2. The van der Waals surface area contributed by atoms with Gasteiger partial charge in [0.25, 0.3) is 5.91 Å². The van der Waals surface area contributed by atoms with Crippen LogP contribution < -0.4 is 10.1 Å². The van der Waals surface area contributed by atoms with Crippen molar-refractivity contribution < 1.29 is 14.3 Å². The van der Waals surface area contributed by atoms with Gasteiger partial charge < -0.3 is 14.8 Å². The van der Waals surface area contributed by atoms with E-state index in [1.165, 1.54) is 0 Å². The summed E-state index contributed by atoms with van der Waals surface area (Å²) in [6.45, 7) is 3.10. The standard InChI is InChI=1S/C14H18BrNO3/c1-10(19-12-6-4-11(15)5-7-12)14(17)16-9-13-3-2-8-18-13/h4-7,10,13H,2-3,8-9H2,1H3,(H,16,17)/t10-,13-/m0/s1. The molecular weight excluding hydrogens is 310 g/mol. The third-order valence-corrected chi connectivity index (χ3v) is 3.55. The number of hydrogen-bond acceptors (Lipinski definition) is 3. The van der Waals surface area contributed by atoms with Crippen LogP contribution in [0.4, 0.5) is 0 Å². The molecule has 1 N–H and O–H groups in total. The van der Waals surface area contributed by atoms with Crippen LogP contribution in [0.5, 0.6) is 5.75 Å². The Balaban J connectivity index is 1.76. The monoisotopic (exact) mass is 327 g/mol. The highest BCUT2D eigenvalue weighted by Gasteiger charge is 2.19. The van der Waals surface area contributed by atoms with Crippen molar-refractivity contribution in [2.24, 2.45) is 0 Å². The first-order valence-electron chi connectivity index (χ1n) is 6.46. The molecule has 0 aliphatic carbocycles. The quantitative estimate of drug-likeness (QED) is 0.903. The Labute approximate surface area is 121 Å². The Morgan fingerprint density at radius 3 is 2.89 bits per heavy atom. The van der Waals surface area contributed by atoms with Crippen molar-refractivity contribution in [3.05, 3.63) is 28.7 Å². The number of carbonyl (C=O) groups is 1. The zero-order valence-electron chi connectivity index (χ0n) is 10.9. The van der Waals surface area contributed by atoms with Gasteiger partial charge in [-0.3, -0.25) is 4.79 Å². The van der Waals surface area contributed by atoms with Crippen LogP contribution in [-0.2, 0) is 9.53 Å². The number of halogens is 1. The normalized spacial score (nSPS) is 20.0. The van der Waals surface area contributed by atoms with E-state index in [0.717, 1.165) is 23.9 Å². The predicted molar refractivity (Wildman–Crippen MR) is 76.2 cm³/mol. The zero-order chi connectivity index (χ0) is 13.7. The molecule has 19 heavy (non-hydrogen) atoms. The zero-order valence-corrected chi connectivity index (χ0v) is 12.5. The number of amides is 1. The van der Waals surface area contributed by atoms with Crippen molar-refractivity contribution in [3.8, 4) is 5.75 Å². The van der Waals surface area contributed by atoms with Crippen LogP contribution in [0.1, 0.15) is 19.8 Å². The fraction of sp³-hybridized carbons (Fsp3) is 0.500. The van der Waals surface area contributed by atoms with Crippen molar-refractivity contribution in [3.63, 3.8) is 0 Å². The molecule has 1 saturated heterocycles. The minimum atomic E-state index is -0.512. The van der Waals surface area contributed by atoms with Gasteiger partial charge in [0.15, 0.2) is 6.10 Å². The molecule has 1 heterocycles. The third kappa shape index (κ3) is 4.51. The first-order chi connectivity index (χ1) is 9.15. The lowest BCUT2D eigenvalue weighted by Crippen LogP contribution is -2.40. The lowest BCUT2D eigenvalue weighted by Gasteiger charge is -2.16. The molecule has 1 amide bonds. The molecule has 2 rings (SSSR count). The molecular formula is C14H18BrNO3. The Hall–Kier alpha value is -1.07. The van der Waals surface area contributed by atoms with Gasteiger partial charge in [0.2, 0.25) is 0 Å². The summed E-state index contributed by atoms with van der Waals surface area (Å²) < 4.78 is 12.0. The van der Waals surface area contributed by atoms with Gasteiger partial charge in [0, 0.05) is 17.6 Å².